The molecule has 1 atom stereocenters. The molecule has 0 aliphatic carbocycles. The highest BCUT2D eigenvalue weighted by Crippen LogP contribution is 2.43. The van der Waals surface area contributed by atoms with Crippen molar-refractivity contribution in [1.82, 2.24) is 14.9 Å². The summed E-state index contributed by atoms with van der Waals surface area (Å²) in [7, 11) is 4.03. The summed E-state index contributed by atoms with van der Waals surface area (Å²) in [6, 6.07) is 21.3. The zero-order valence-corrected chi connectivity index (χ0v) is 25.5. The molecule has 2 N–H and O–H groups in total. The summed E-state index contributed by atoms with van der Waals surface area (Å²) in [5, 5.41) is 3.79. The Labute approximate surface area is 258 Å². The average Bonchev–Trinajstić information content (AvgIpc) is 3.05. The van der Waals surface area contributed by atoms with Gasteiger partial charge in [-0.15, -0.1) is 0 Å². The lowest BCUT2D eigenvalue weighted by Crippen LogP contribution is -2.41. The molecule has 0 bridgehead atoms. The molecular formula is C35H40N6O3. The number of aromatic amines is 1. The average molecular weight is 593 g/mol. The highest BCUT2D eigenvalue weighted by Gasteiger charge is 2.29. The van der Waals surface area contributed by atoms with E-state index in [1.165, 1.54) is 11.1 Å². The molecule has 5 heterocycles. The standard InChI is InChI=1S/C35H40N6O3/c1-39(2)33-11-8-24(21-37-33)22-40-15-12-27(13-16-40)38-28-9-10-31-26(20-28)19-25-5-3-6-29(34(25)44-31)32-23-41(17-18-43-32)30-7-4-14-36-35(30)42/h3-11,14,20-21,27,32,38H,12-13,15-19,22-23H2,1-2H3,(H,36,42). The monoisotopic (exact) mass is 592 g/mol. The van der Waals surface area contributed by atoms with Crippen LogP contribution in [0.4, 0.5) is 17.2 Å². The van der Waals surface area contributed by atoms with Crippen molar-refractivity contribution in [3.63, 3.8) is 0 Å². The summed E-state index contributed by atoms with van der Waals surface area (Å²) in [6.45, 7) is 4.90. The Morgan fingerprint density at radius 1 is 1.02 bits per heavy atom. The molecule has 44 heavy (non-hydrogen) atoms. The molecule has 2 aromatic carbocycles. The third-order valence-corrected chi connectivity index (χ3v) is 8.96. The Balaban J connectivity index is 0.978. The fraction of sp³-hybridized carbons (Fsp3) is 0.371. The van der Waals surface area contributed by atoms with Gasteiger partial charge in [-0.05, 0) is 60.4 Å². The highest BCUT2D eigenvalue weighted by atomic mass is 16.5. The van der Waals surface area contributed by atoms with E-state index in [1.807, 2.05) is 37.3 Å². The van der Waals surface area contributed by atoms with Gasteiger partial charge in [0, 0.05) is 88.5 Å². The quantitative estimate of drug-likeness (QED) is 0.267. The lowest BCUT2D eigenvalue weighted by Gasteiger charge is -2.35. The number of morpholine rings is 1. The Morgan fingerprint density at radius 2 is 1.91 bits per heavy atom. The van der Waals surface area contributed by atoms with Gasteiger partial charge in [0.1, 0.15) is 29.1 Å². The summed E-state index contributed by atoms with van der Waals surface area (Å²) in [5.41, 5.74) is 6.39. The van der Waals surface area contributed by atoms with Crippen LogP contribution in [0.15, 0.2) is 77.9 Å². The molecule has 3 aliphatic heterocycles. The topological polar surface area (TPSA) is 86.0 Å². The van der Waals surface area contributed by atoms with Crippen LogP contribution in [0.25, 0.3) is 0 Å². The molecule has 0 radical (unpaired) electrons. The number of aromatic nitrogens is 2. The minimum Gasteiger partial charge on any atom is -0.456 e. The highest BCUT2D eigenvalue weighted by molar-refractivity contribution is 5.59. The molecule has 2 saturated heterocycles. The van der Waals surface area contributed by atoms with E-state index in [0.29, 0.717) is 31.4 Å². The second-order valence-electron chi connectivity index (χ2n) is 12.2. The first-order valence-corrected chi connectivity index (χ1v) is 15.6. The van der Waals surface area contributed by atoms with Crippen LogP contribution in [0, 0.1) is 0 Å². The van der Waals surface area contributed by atoms with Crippen LogP contribution in [-0.2, 0) is 17.7 Å². The van der Waals surface area contributed by atoms with Gasteiger partial charge in [0.05, 0.1) is 6.61 Å². The summed E-state index contributed by atoms with van der Waals surface area (Å²) < 4.78 is 12.8. The predicted molar refractivity (Wildman–Crippen MR) is 174 cm³/mol. The van der Waals surface area contributed by atoms with Crippen molar-refractivity contribution >= 4 is 17.2 Å². The second-order valence-corrected chi connectivity index (χ2v) is 12.2. The van der Waals surface area contributed by atoms with Gasteiger partial charge in [-0.1, -0.05) is 24.3 Å². The lowest BCUT2D eigenvalue weighted by molar-refractivity contribution is 0.0383. The molecule has 2 aromatic heterocycles. The largest absolute Gasteiger partial charge is 0.456 e. The fourth-order valence-corrected chi connectivity index (χ4v) is 6.57. The number of likely N-dealkylation sites (tertiary alicyclic amines) is 1. The second kappa shape index (κ2) is 12.3. The van der Waals surface area contributed by atoms with E-state index in [9.17, 15) is 4.79 Å². The van der Waals surface area contributed by atoms with Crippen molar-refractivity contribution in [2.45, 2.75) is 38.0 Å². The normalized spacial score (nSPS) is 18.7. The van der Waals surface area contributed by atoms with Crippen molar-refractivity contribution in [3.05, 3.63) is 106 Å². The van der Waals surface area contributed by atoms with Crippen LogP contribution in [0.3, 0.4) is 0 Å². The van der Waals surface area contributed by atoms with Gasteiger partial charge in [-0.2, -0.15) is 0 Å². The first kappa shape index (κ1) is 28.4. The SMILES string of the molecule is CN(C)c1ccc(CN2CCC(Nc3ccc4c(c3)Cc3cccc(C5CN(c6ccc[nH]c6=O)CCO5)c3O4)CC2)cn1. The Bertz CT molecular complexity index is 1660. The van der Waals surface area contributed by atoms with Gasteiger partial charge in [-0.25, -0.2) is 4.98 Å². The Kier molecular flexibility index (Phi) is 7.97. The molecule has 9 heteroatoms. The zero-order chi connectivity index (χ0) is 30.0. The molecule has 0 amide bonds. The number of pyridine rings is 2. The molecule has 9 nitrogen and oxygen atoms in total. The van der Waals surface area contributed by atoms with Crippen LogP contribution < -0.4 is 25.4 Å². The van der Waals surface area contributed by atoms with E-state index in [0.717, 1.165) is 73.0 Å². The van der Waals surface area contributed by atoms with Crippen molar-refractivity contribution in [2.75, 3.05) is 62.0 Å². The molecular weight excluding hydrogens is 552 g/mol. The van der Waals surface area contributed by atoms with E-state index < -0.39 is 0 Å². The minimum absolute atomic E-state index is 0.0769. The maximum absolute atomic E-state index is 12.4. The number of anilines is 3. The molecule has 3 aliphatic rings. The van der Waals surface area contributed by atoms with Crippen molar-refractivity contribution in [2.24, 2.45) is 0 Å². The number of hydrogen-bond donors (Lipinski definition) is 2. The van der Waals surface area contributed by atoms with Crippen molar-refractivity contribution < 1.29 is 9.47 Å². The number of piperidine rings is 1. The number of nitrogens with zero attached hydrogens (tertiary/aromatic N) is 4. The van der Waals surface area contributed by atoms with E-state index in [1.54, 1.807) is 6.20 Å². The number of para-hydroxylation sites is 1. The van der Waals surface area contributed by atoms with Gasteiger partial charge >= 0.3 is 0 Å². The first-order chi connectivity index (χ1) is 21.5. The third kappa shape index (κ3) is 6.02. The van der Waals surface area contributed by atoms with E-state index in [-0.39, 0.29) is 11.7 Å². The molecule has 0 saturated carbocycles. The van der Waals surface area contributed by atoms with Gasteiger partial charge in [0.25, 0.3) is 5.56 Å². The minimum atomic E-state index is -0.180. The van der Waals surface area contributed by atoms with Gasteiger partial charge in [0.15, 0.2) is 0 Å². The number of hydrogen-bond acceptors (Lipinski definition) is 8. The molecule has 0 spiro atoms. The number of rotatable bonds is 7. The van der Waals surface area contributed by atoms with Crippen LogP contribution >= 0.6 is 0 Å². The van der Waals surface area contributed by atoms with Gasteiger partial charge < -0.3 is 29.6 Å². The van der Waals surface area contributed by atoms with E-state index in [4.69, 9.17) is 9.47 Å². The molecule has 1 unspecified atom stereocenters. The molecule has 4 aromatic rings. The van der Waals surface area contributed by atoms with Gasteiger partial charge in [-0.3, -0.25) is 9.69 Å². The molecule has 2 fully saturated rings. The van der Waals surface area contributed by atoms with E-state index >= 15 is 0 Å². The van der Waals surface area contributed by atoms with Crippen LogP contribution in [-0.4, -0.2) is 67.8 Å². The number of benzene rings is 2. The smallest absolute Gasteiger partial charge is 0.271 e. The van der Waals surface area contributed by atoms with Crippen LogP contribution in [0.1, 0.15) is 41.2 Å². The van der Waals surface area contributed by atoms with Gasteiger partial charge in [0.2, 0.25) is 0 Å². The van der Waals surface area contributed by atoms with Crippen LogP contribution in [0.5, 0.6) is 11.5 Å². The number of H-pyrrole nitrogens is 1. The fourth-order valence-electron chi connectivity index (χ4n) is 6.57. The lowest BCUT2D eigenvalue weighted by atomic mass is 9.95. The van der Waals surface area contributed by atoms with Crippen molar-refractivity contribution in [1.29, 1.82) is 0 Å². The Morgan fingerprint density at radius 3 is 2.70 bits per heavy atom. The number of ether oxygens (including phenoxy) is 2. The number of fused-ring (bicyclic) bond motifs is 2. The third-order valence-electron chi connectivity index (χ3n) is 8.96. The predicted octanol–water partition coefficient (Wildman–Crippen LogP) is 5.19. The first-order valence-electron chi connectivity index (χ1n) is 15.6. The zero-order valence-electron chi connectivity index (χ0n) is 25.5. The molecule has 7 rings (SSSR count). The number of nitrogens with one attached hydrogen (secondary N) is 2. The summed E-state index contributed by atoms with van der Waals surface area (Å²) in [4.78, 5) is 26.4. The summed E-state index contributed by atoms with van der Waals surface area (Å²) in [6.07, 6.45) is 6.51. The summed E-state index contributed by atoms with van der Waals surface area (Å²) in [5.74, 6) is 2.77. The van der Waals surface area contributed by atoms with Crippen molar-refractivity contribution in [3.8, 4) is 11.5 Å². The van der Waals surface area contributed by atoms with E-state index in [2.05, 4.69) is 73.6 Å². The Hall–Kier alpha value is -4.34. The van der Waals surface area contributed by atoms with Crippen LogP contribution in [0.2, 0.25) is 0 Å². The summed E-state index contributed by atoms with van der Waals surface area (Å²) >= 11 is 0. The maximum Gasteiger partial charge on any atom is 0.271 e. The molecule has 228 valence electrons. The maximum atomic E-state index is 12.4.